The Morgan fingerprint density at radius 2 is 1.60 bits per heavy atom. The van der Waals surface area contributed by atoms with Gasteiger partial charge in [-0.1, -0.05) is 54.6 Å². The van der Waals surface area contributed by atoms with Crippen LogP contribution < -0.4 is 0 Å². The van der Waals surface area contributed by atoms with Crippen molar-refractivity contribution in [3.05, 3.63) is 76.2 Å². The minimum absolute atomic E-state index is 0.592. The van der Waals surface area contributed by atoms with Crippen LogP contribution in [0, 0.1) is 6.92 Å². The molecule has 1 aromatic heterocycles. The van der Waals surface area contributed by atoms with Gasteiger partial charge in [-0.2, -0.15) is 0 Å². The van der Waals surface area contributed by atoms with Gasteiger partial charge < -0.3 is 5.11 Å². The Balaban J connectivity index is 1.86. The molecule has 3 rings (SSSR count). The van der Waals surface area contributed by atoms with Crippen LogP contribution in [0.25, 0.3) is 11.1 Å². The highest BCUT2D eigenvalue weighted by molar-refractivity contribution is 7.11. The van der Waals surface area contributed by atoms with Crippen LogP contribution in [0.3, 0.4) is 0 Å². The molecule has 20 heavy (non-hydrogen) atoms. The Labute approximate surface area is 122 Å². The monoisotopic (exact) mass is 281 g/mol. The molecule has 2 aromatic carbocycles. The number of nitrogens with zero attached hydrogens (tertiary/aromatic N) is 1. The van der Waals surface area contributed by atoms with Crippen molar-refractivity contribution in [1.29, 1.82) is 0 Å². The average Bonchev–Trinajstić information content (AvgIpc) is 2.94. The van der Waals surface area contributed by atoms with Gasteiger partial charge in [0.05, 0.1) is 9.88 Å². The molecule has 1 atom stereocenters. The zero-order valence-corrected chi connectivity index (χ0v) is 12.0. The zero-order valence-electron chi connectivity index (χ0n) is 11.2. The molecule has 0 aliphatic rings. The molecule has 0 amide bonds. The number of hydrogen-bond donors (Lipinski definition) is 1. The third-order valence-corrected chi connectivity index (χ3v) is 4.21. The van der Waals surface area contributed by atoms with Crippen molar-refractivity contribution < 1.29 is 5.11 Å². The van der Waals surface area contributed by atoms with Crippen LogP contribution in [0.2, 0.25) is 0 Å². The number of aliphatic hydroxyl groups is 1. The highest BCUT2D eigenvalue weighted by atomic mass is 32.1. The van der Waals surface area contributed by atoms with Crippen LogP contribution in [-0.2, 0) is 0 Å². The second-order valence-electron chi connectivity index (χ2n) is 4.67. The maximum absolute atomic E-state index is 10.3. The fourth-order valence-electron chi connectivity index (χ4n) is 2.16. The molecular weight excluding hydrogens is 266 g/mol. The third kappa shape index (κ3) is 2.64. The van der Waals surface area contributed by atoms with Gasteiger partial charge in [0.25, 0.3) is 0 Å². The lowest BCUT2D eigenvalue weighted by molar-refractivity contribution is 0.224. The van der Waals surface area contributed by atoms with Gasteiger partial charge in [-0.05, 0) is 23.6 Å². The molecule has 100 valence electrons. The summed E-state index contributed by atoms with van der Waals surface area (Å²) in [4.78, 5) is 5.07. The third-order valence-electron chi connectivity index (χ3n) is 3.24. The first-order valence-electron chi connectivity index (χ1n) is 6.50. The Morgan fingerprint density at radius 3 is 2.20 bits per heavy atom. The molecular formula is C17H15NOS. The summed E-state index contributed by atoms with van der Waals surface area (Å²) in [6.45, 7) is 1.94. The van der Waals surface area contributed by atoms with E-state index in [0.717, 1.165) is 21.0 Å². The van der Waals surface area contributed by atoms with Gasteiger partial charge in [0.15, 0.2) is 0 Å². The molecule has 3 heteroatoms. The van der Waals surface area contributed by atoms with Gasteiger partial charge in [0.1, 0.15) is 6.10 Å². The first-order chi connectivity index (χ1) is 9.74. The van der Waals surface area contributed by atoms with E-state index < -0.39 is 6.10 Å². The molecule has 0 aliphatic carbocycles. The van der Waals surface area contributed by atoms with E-state index in [0.29, 0.717) is 0 Å². The minimum Gasteiger partial charge on any atom is -0.383 e. The Kier molecular flexibility index (Phi) is 3.63. The van der Waals surface area contributed by atoms with Crippen molar-refractivity contribution in [3.8, 4) is 11.1 Å². The summed E-state index contributed by atoms with van der Waals surface area (Å²) >= 11 is 1.53. The second kappa shape index (κ2) is 5.57. The predicted molar refractivity (Wildman–Crippen MR) is 82.8 cm³/mol. The maximum atomic E-state index is 10.3. The van der Waals surface area contributed by atoms with Crippen LogP contribution in [-0.4, -0.2) is 10.1 Å². The highest BCUT2D eigenvalue weighted by Gasteiger charge is 2.13. The molecule has 0 fully saturated rings. The summed E-state index contributed by atoms with van der Waals surface area (Å²) in [6, 6.07) is 18.3. The van der Waals surface area contributed by atoms with E-state index in [1.54, 1.807) is 6.20 Å². The van der Waals surface area contributed by atoms with Crippen LogP contribution in [0.1, 0.15) is 21.6 Å². The van der Waals surface area contributed by atoms with Gasteiger partial charge in [-0.15, -0.1) is 11.3 Å². The van der Waals surface area contributed by atoms with Crippen LogP contribution >= 0.6 is 11.3 Å². The normalized spacial score (nSPS) is 12.3. The SMILES string of the molecule is Cc1ncc(C(O)c2ccc(-c3ccccc3)cc2)s1. The Morgan fingerprint density at radius 1 is 0.950 bits per heavy atom. The number of rotatable bonds is 3. The van der Waals surface area contributed by atoms with Crippen molar-refractivity contribution in [2.75, 3.05) is 0 Å². The molecule has 1 heterocycles. The molecule has 0 aliphatic heterocycles. The molecule has 0 bridgehead atoms. The summed E-state index contributed by atoms with van der Waals surface area (Å²) in [5.41, 5.74) is 3.23. The predicted octanol–water partition coefficient (Wildman–Crippen LogP) is 4.20. The molecule has 1 unspecified atom stereocenters. The lowest BCUT2D eigenvalue weighted by Gasteiger charge is -2.09. The van der Waals surface area contributed by atoms with Crippen LogP contribution in [0.5, 0.6) is 0 Å². The van der Waals surface area contributed by atoms with E-state index in [-0.39, 0.29) is 0 Å². The standard InChI is InChI=1S/C17H15NOS/c1-12-18-11-16(20-12)17(19)15-9-7-14(8-10-15)13-5-3-2-4-6-13/h2-11,17,19H,1H3. The minimum atomic E-state index is -0.592. The van der Waals surface area contributed by atoms with Crippen LogP contribution in [0.4, 0.5) is 0 Å². The smallest absolute Gasteiger partial charge is 0.115 e. The number of aromatic nitrogens is 1. The molecule has 1 N–H and O–H groups in total. The summed E-state index contributed by atoms with van der Waals surface area (Å²) in [5, 5.41) is 11.3. The molecule has 0 spiro atoms. The summed E-state index contributed by atoms with van der Waals surface area (Å²) < 4.78 is 0. The lowest BCUT2D eigenvalue weighted by atomic mass is 10.0. The largest absolute Gasteiger partial charge is 0.383 e. The number of aryl methyl sites for hydroxylation is 1. The highest BCUT2D eigenvalue weighted by Crippen LogP contribution is 2.28. The molecule has 0 radical (unpaired) electrons. The van der Waals surface area contributed by atoms with E-state index in [9.17, 15) is 5.11 Å². The fraction of sp³-hybridized carbons (Fsp3) is 0.118. The molecule has 3 aromatic rings. The molecule has 0 saturated carbocycles. The van der Waals surface area contributed by atoms with E-state index in [1.807, 2.05) is 49.4 Å². The first-order valence-corrected chi connectivity index (χ1v) is 7.31. The summed E-state index contributed by atoms with van der Waals surface area (Å²) in [5.74, 6) is 0. The van der Waals surface area contributed by atoms with Gasteiger partial charge in [0, 0.05) is 6.20 Å². The fourth-order valence-corrected chi connectivity index (χ4v) is 2.96. The lowest BCUT2D eigenvalue weighted by Crippen LogP contribution is -1.96. The van der Waals surface area contributed by atoms with Gasteiger partial charge in [-0.25, -0.2) is 4.98 Å². The van der Waals surface area contributed by atoms with E-state index in [1.165, 1.54) is 16.9 Å². The summed E-state index contributed by atoms with van der Waals surface area (Å²) in [7, 11) is 0. The van der Waals surface area contributed by atoms with Gasteiger partial charge in [0.2, 0.25) is 0 Å². The topological polar surface area (TPSA) is 33.1 Å². The second-order valence-corrected chi connectivity index (χ2v) is 5.94. The van der Waals surface area contributed by atoms with Crippen molar-refractivity contribution in [2.45, 2.75) is 13.0 Å². The van der Waals surface area contributed by atoms with Crippen molar-refractivity contribution in [1.82, 2.24) is 4.98 Å². The van der Waals surface area contributed by atoms with Crippen LogP contribution in [0.15, 0.2) is 60.8 Å². The molecule has 0 saturated heterocycles. The zero-order chi connectivity index (χ0) is 13.9. The quantitative estimate of drug-likeness (QED) is 0.780. The van der Waals surface area contributed by atoms with Crippen molar-refractivity contribution in [3.63, 3.8) is 0 Å². The van der Waals surface area contributed by atoms with E-state index in [2.05, 4.69) is 17.1 Å². The number of benzene rings is 2. The molecule has 2 nitrogen and oxygen atoms in total. The average molecular weight is 281 g/mol. The maximum Gasteiger partial charge on any atom is 0.115 e. The number of hydrogen-bond acceptors (Lipinski definition) is 3. The van der Waals surface area contributed by atoms with E-state index in [4.69, 9.17) is 0 Å². The van der Waals surface area contributed by atoms with Crippen molar-refractivity contribution in [2.24, 2.45) is 0 Å². The van der Waals surface area contributed by atoms with E-state index >= 15 is 0 Å². The number of aliphatic hydroxyl groups excluding tert-OH is 1. The van der Waals surface area contributed by atoms with Gasteiger partial charge >= 0.3 is 0 Å². The van der Waals surface area contributed by atoms with Gasteiger partial charge in [-0.3, -0.25) is 0 Å². The Bertz CT molecular complexity index is 689. The first kappa shape index (κ1) is 13.0. The Hall–Kier alpha value is -1.97. The number of thiazole rings is 1. The van der Waals surface area contributed by atoms with Crippen molar-refractivity contribution >= 4 is 11.3 Å². The summed E-state index contributed by atoms with van der Waals surface area (Å²) in [6.07, 6.45) is 1.15.